The van der Waals surface area contributed by atoms with Crippen molar-refractivity contribution in [2.45, 2.75) is 44.8 Å². The number of nitrogens with zero attached hydrogens (tertiary/aromatic N) is 2. The maximum Gasteiger partial charge on any atom is 0.417 e. The fraction of sp³-hybridized carbons (Fsp3) is 0.292. The molecular formula is C24H25F3N4. The Bertz CT molecular complexity index is 996. The van der Waals surface area contributed by atoms with Crippen molar-refractivity contribution in [2.24, 2.45) is 0 Å². The van der Waals surface area contributed by atoms with Crippen molar-refractivity contribution < 1.29 is 13.2 Å². The predicted molar refractivity (Wildman–Crippen MR) is 117 cm³/mol. The molecule has 0 atom stereocenters. The summed E-state index contributed by atoms with van der Waals surface area (Å²) in [6.07, 6.45) is 8.78. The van der Waals surface area contributed by atoms with E-state index in [1.54, 1.807) is 0 Å². The lowest BCUT2D eigenvalue weighted by Crippen LogP contribution is -2.41. The van der Waals surface area contributed by atoms with Gasteiger partial charge in [0, 0.05) is 24.3 Å². The summed E-state index contributed by atoms with van der Waals surface area (Å²) >= 11 is 0. The molecular weight excluding hydrogens is 401 g/mol. The highest BCUT2D eigenvalue weighted by Gasteiger charge is 2.30. The molecule has 0 amide bonds. The van der Waals surface area contributed by atoms with Crippen molar-refractivity contribution in [3.8, 4) is 0 Å². The van der Waals surface area contributed by atoms with Crippen LogP contribution in [0.5, 0.6) is 0 Å². The number of alkyl halides is 3. The lowest BCUT2D eigenvalue weighted by atomic mass is 9.86. The molecule has 2 aliphatic rings. The van der Waals surface area contributed by atoms with Gasteiger partial charge in [0.2, 0.25) is 0 Å². The van der Waals surface area contributed by atoms with E-state index in [2.05, 4.69) is 39.9 Å². The number of hydrogen-bond donors (Lipinski definition) is 2. The largest absolute Gasteiger partial charge is 0.417 e. The minimum Gasteiger partial charge on any atom is -0.340 e. The average molecular weight is 426 g/mol. The van der Waals surface area contributed by atoms with Crippen LogP contribution in [-0.2, 0) is 6.18 Å². The topological polar surface area (TPSA) is 40.2 Å². The van der Waals surface area contributed by atoms with Gasteiger partial charge in [-0.1, -0.05) is 17.7 Å². The molecule has 0 saturated heterocycles. The smallest absolute Gasteiger partial charge is 0.340 e. The fourth-order valence-electron chi connectivity index (χ4n) is 4.02. The zero-order chi connectivity index (χ0) is 21.8. The van der Waals surface area contributed by atoms with Crippen LogP contribution in [0.1, 0.15) is 43.7 Å². The molecule has 1 aliphatic carbocycles. The van der Waals surface area contributed by atoms with Crippen LogP contribution in [0.15, 0.2) is 72.7 Å². The van der Waals surface area contributed by atoms with E-state index in [1.807, 2.05) is 36.6 Å². The van der Waals surface area contributed by atoms with Crippen LogP contribution in [0, 0.1) is 0 Å². The van der Waals surface area contributed by atoms with Crippen molar-refractivity contribution in [1.82, 2.24) is 15.4 Å². The molecule has 162 valence electrons. The van der Waals surface area contributed by atoms with E-state index >= 15 is 0 Å². The molecule has 0 bridgehead atoms. The Morgan fingerprint density at radius 3 is 2.58 bits per heavy atom. The van der Waals surface area contributed by atoms with Gasteiger partial charge < -0.3 is 10.7 Å². The maximum absolute atomic E-state index is 12.7. The van der Waals surface area contributed by atoms with Crippen molar-refractivity contribution in [2.75, 3.05) is 5.32 Å². The van der Waals surface area contributed by atoms with Gasteiger partial charge in [-0.25, -0.2) is 4.98 Å². The lowest BCUT2D eigenvalue weighted by Gasteiger charge is -2.35. The number of rotatable bonds is 4. The Labute approximate surface area is 180 Å². The highest BCUT2D eigenvalue weighted by Crippen LogP contribution is 2.34. The van der Waals surface area contributed by atoms with Crippen LogP contribution in [0.3, 0.4) is 0 Å². The van der Waals surface area contributed by atoms with Gasteiger partial charge in [0.1, 0.15) is 5.82 Å². The van der Waals surface area contributed by atoms with E-state index in [1.165, 1.54) is 17.2 Å². The third-order valence-electron chi connectivity index (χ3n) is 5.82. The van der Waals surface area contributed by atoms with Crippen LogP contribution in [-0.4, -0.2) is 16.0 Å². The van der Waals surface area contributed by atoms with E-state index in [-0.39, 0.29) is 0 Å². The summed E-state index contributed by atoms with van der Waals surface area (Å²) in [5.41, 5.74) is 7.16. The Morgan fingerprint density at radius 2 is 1.94 bits per heavy atom. The van der Waals surface area contributed by atoms with Gasteiger partial charge in [-0.2, -0.15) is 13.2 Å². The summed E-state index contributed by atoms with van der Waals surface area (Å²) in [6, 6.07) is 10.8. The van der Waals surface area contributed by atoms with Gasteiger partial charge in [0.25, 0.3) is 0 Å². The summed E-state index contributed by atoms with van der Waals surface area (Å²) in [6.45, 7) is 2.15. The number of hydrogen-bond acceptors (Lipinski definition) is 4. The summed E-state index contributed by atoms with van der Waals surface area (Å²) in [7, 11) is 0. The Hall–Kier alpha value is -3.22. The minimum atomic E-state index is -4.38. The van der Waals surface area contributed by atoms with Crippen LogP contribution < -0.4 is 10.7 Å². The number of halogens is 3. The summed E-state index contributed by atoms with van der Waals surface area (Å²) in [5, 5.41) is 5.28. The molecule has 1 saturated carbocycles. The van der Waals surface area contributed by atoms with Gasteiger partial charge in [-0.15, -0.1) is 0 Å². The second kappa shape index (κ2) is 8.88. The Kier molecular flexibility index (Phi) is 6.02. The molecule has 0 radical (unpaired) electrons. The van der Waals surface area contributed by atoms with Crippen LogP contribution in [0.25, 0.3) is 5.57 Å². The van der Waals surface area contributed by atoms with E-state index in [9.17, 15) is 13.2 Å². The number of benzene rings is 1. The van der Waals surface area contributed by atoms with Gasteiger partial charge in [-0.05, 0) is 80.2 Å². The van der Waals surface area contributed by atoms with Crippen LogP contribution in [0.4, 0.5) is 24.7 Å². The first kappa shape index (κ1) is 21.0. The summed E-state index contributed by atoms with van der Waals surface area (Å²) in [4.78, 5) is 3.89. The molecule has 1 aromatic heterocycles. The first-order chi connectivity index (χ1) is 14.9. The predicted octanol–water partition coefficient (Wildman–Crippen LogP) is 6.41. The van der Waals surface area contributed by atoms with E-state index < -0.39 is 11.7 Å². The average Bonchev–Trinajstić information content (AvgIpc) is 2.79. The minimum absolute atomic E-state index is 0.382. The number of allylic oxidation sites excluding steroid dienone is 4. The third kappa shape index (κ3) is 5.10. The SMILES string of the molecule is CC(=C1CCC(N2C=CC=CN2)CC1)c1cccc(Nc2ccc(C(F)(F)F)cn2)c1. The lowest BCUT2D eigenvalue weighted by molar-refractivity contribution is -0.137. The molecule has 7 heteroatoms. The summed E-state index contributed by atoms with van der Waals surface area (Å²) in [5.74, 6) is 0.382. The molecule has 1 aliphatic heterocycles. The van der Waals surface area contributed by atoms with E-state index in [4.69, 9.17) is 0 Å². The van der Waals surface area contributed by atoms with Crippen molar-refractivity contribution in [1.29, 1.82) is 0 Å². The molecule has 4 nitrogen and oxygen atoms in total. The molecule has 2 aromatic rings. The number of hydrazine groups is 1. The van der Waals surface area contributed by atoms with E-state index in [0.717, 1.165) is 49.2 Å². The Balaban J connectivity index is 1.43. The molecule has 0 unspecified atom stereocenters. The second-order valence-electron chi connectivity index (χ2n) is 7.83. The highest BCUT2D eigenvalue weighted by atomic mass is 19.4. The fourth-order valence-corrected chi connectivity index (χ4v) is 4.02. The molecule has 2 heterocycles. The molecule has 0 spiro atoms. The van der Waals surface area contributed by atoms with Crippen LogP contribution >= 0.6 is 0 Å². The van der Waals surface area contributed by atoms with Gasteiger partial charge in [0.05, 0.1) is 11.6 Å². The van der Waals surface area contributed by atoms with Gasteiger partial charge in [0.15, 0.2) is 0 Å². The normalized spacial score (nSPS) is 18.6. The first-order valence-corrected chi connectivity index (χ1v) is 10.4. The Morgan fingerprint density at radius 1 is 1.13 bits per heavy atom. The summed E-state index contributed by atoms with van der Waals surface area (Å²) < 4.78 is 38.2. The first-order valence-electron chi connectivity index (χ1n) is 10.4. The number of pyridine rings is 1. The second-order valence-corrected chi connectivity index (χ2v) is 7.83. The standard InChI is InChI=1S/C24H25F3N4/c1-17(18-7-10-22(11-8-18)31-14-3-2-13-29-31)19-5-4-6-21(15-19)30-23-12-9-20(16-28-23)24(25,26)27/h2-6,9,12-16,22,29H,7-8,10-11H2,1H3,(H,28,30). The van der Waals surface area contributed by atoms with Crippen LogP contribution in [0.2, 0.25) is 0 Å². The van der Waals surface area contributed by atoms with Gasteiger partial charge in [-0.3, -0.25) is 5.01 Å². The van der Waals surface area contributed by atoms with Gasteiger partial charge >= 0.3 is 6.18 Å². The number of nitrogens with one attached hydrogen (secondary N) is 2. The maximum atomic E-state index is 12.7. The van der Waals surface area contributed by atoms with Crippen molar-refractivity contribution >= 4 is 17.1 Å². The molecule has 1 fully saturated rings. The number of anilines is 2. The quantitative estimate of drug-likeness (QED) is 0.593. The molecule has 2 N–H and O–H groups in total. The highest BCUT2D eigenvalue weighted by molar-refractivity contribution is 5.71. The van der Waals surface area contributed by atoms with Crippen molar-refractivity contribution in [3.63, 3.8) is 0 Å². The number of aromatic nitrogens is 1. The zero-order valence-corrected chi connectivity index (χ0v) is 17.3. The molecule has 1 aromatic carbocycles. The third-order valence-corrected chi connectivity index (χ3v) is 5.82. The van der Waals surface area contributed by atoms with E-state index in [0.29, 0.717) is 11.9 Å². The zero-order valence-electron chi connectivity index (χ0n) is 17.3. The van der Waals surface area contributed by atoms with Crippen molar-refractivity contribution in [3.05, 3.63) is 83.8 Å². The monoisotopic (exact) mass is 426 g/mol. The molecule has 4 rings (SSSR count). The molecule has 31 heavy (non-hydrogen) atoms.